The maximum absolute atomic E-state index is 6.42. The van der Waals surface area contributed by atoms with Gasteiger partial charge in [0.2, 0.25) is 0 Å². The molecule has 0 radical (unpaired) electrons. The number of nitrogens with zero attached hydrogens (tertiary/aromatic N) is 4. The fourth-order valence-electron chi connectivity index (χ4n) is 15.1. The van der Waals surface area contributed by atoms with E-state index in [4.69, 9.17) is 37.9 Å². The van der Waals surface area contributed by atoms with Gasteiger partial charge in [-0.3, -0.25) is 19.6 Å². The second-order valence-corrected chi connectivity index (χ2v) is 24.7. The number of fused-ring (bicyclic) bond motifs is 8. The van der Waals surface area contributed by atoms with E-state index in [1.807, 2.05) is 0 Å². The molecule has 4 aromatic rings. The van der Waals surface area contributed by atoms with Crippen LogP contribution in [0.5, 0.6) is 23.0 Å². The van der Waals surface area contributed by atoms with E-state index in [1.165, 1.54) is 22.3 Å². The molecule has 7 saturated heterocycles. The van der Waals surface area contributed by atoms with Crippen LogP contribution < -0.4 is 40.2 Å². The molecule has 4 N–H and O–H groups in total. The molecular formula is C68H92N8O8. The average Bonchev–Trinajstić information content (AvgIpc) is 4.48. The van der Waals surface area contributed by atoms with Crippen LogP contribution in [0.4, 0.5) is 0 Å². The van der Waals surface area contributed by atoms with Crippen molar-refractivity contribution in [2.24, 2.45) is 0 Å². The van der Waals surface area contributed by atoms with Crippen LogP contribution >= 0.6 is 0 Å². The molecule has 0 amide bonds. The average molecular weight is 1150 g/mol. The molecule has 0 spiro atoms. The van der Waals surface area contributed by atoms with Crippen LogP contribution in [0.15, 0.2) is 121 Å². The van der Waals surface area contributed by atoms with Gasteiger partial charge >= 0.3 is 0 Å². The van der Waals surface area contributed by atoms with E-state index in [2.05, 4.69) is 162 Å². The van der Waals surface area contributed by atoms with E-state index in [1.54, 1.807) is 0 Å². The first kappa shape index (κ1) is 58.1. The summed E-state index contributed by atoms with van der Waals surface area (Å²) in [7, 11) is 0. The highest BCUT2D eigenvalue weighted by atomic mass is 16.5. The van der Waals surface area contributed by atoms with Gasteiger partial charge in [0, 0.05) is 151 Å². The van der Waals surface area contributed by atoms with Crippen molar-refractivity contribution in [3.8, 4) is 23.0 Å². The van der Waals surface area contributed by atoms with Gasteiger partial charge in [-0.15, -0.1) is 0 Å². The van der Waals surface area contributed by atoms with Crippen molar-refractivity contribution in [1.82, 2.24) is 40.9 Å². The first-order chi connectivity index (χ1) is 41.6. The van der Waals surface area contributed by atoms with Crippen molar-refractivity contribution in [3.63, 3.8) is 0 Å². The Hall–Kier alpha value is -4.92. The molecule has 0 saturated carbocycles. The summed E-state index contributed by atoms with van der Waals surface area (Å²) in [5.41, 5.74) is 5.32. The Bertz CT molecular complexity index is 2330. The Labute approximate surface area is 498 Å². The van der Waals surface area contributed by atoms with Gasteiger partial charge in [-0.1, -0.05) is 72.8 Å². The zero-order valence-electron chi connectivity index (χ0n) is 49.3. The van der Waals surface area contributed by atoms with Crippen LogP contribution in [0.2, 0.25) is 0 Å². The molecule has 9 aliphatic rings. The van der Waals surface area contributed by atoms with Crippen LogP contribution in [-0.4, -0.2) is 226 Å². The van der Waals surface area contributed by atoms with Gasteiger partial charge < -0.3 is 59.2 Å². The molecule has 4 aromatic carbocycles. The van der Waals surface area contributed by atoms with Crippen molar-refractivity contribution in [1.29, 1.82) is 0 Å². The van der Waals surface area contributed by atoms with E-state index >= 15 is 0 Å². The fourth-order valence-corrected chi connectivity index (χ4v) is 15.1. The van der Waals surface area contributed by atoms with Gasteiger partial charge in [0.25, 0.3) is 0 Å². The summed E-state index contributed by atoms with van der Waals surface area (Å²) in [5, 5.41) is 17.5. The Morgan fingerprint density at radius 2 is 0.512 bits per heavy atom. The molecule has 16 nitrogen and oxygen atoms in total. The van der Waals surface area contributed by atoms with Gasteiger partial charge in [-0.25, -0.2) is 0 Å². The lowest BCUT2D eigenvalue weighted by Crippen LogP contribution is -2.52. The summed E-state index contributed by atoms with van der Waals surface area (Å²) < 4.78 is 48.1. The van der Waals surface area contributed by atoms with Crippen LogP contribution in [0.3, 0.4) is 0 Å². The number of nitrogens with one attached hydrogen (secondary N) is 4. The number of rotatable bonds is 20. The van der Waals surface area contributed by atoms with Gasteiger partial charge in [-0.2, -0.15) is 0 Å². The molecule has 9 heterocycles. The zero-order chi connectivity index (χ0) is 56.3. The minimum Gasteiger partial charge on any atom is -0.492 e. The SMILES string of the molecule is C1=CC2NC1C(c1ccc(OCCN3CCOCC3)cc1)C1CCC(N1)C(c1ccc(OCCN3CCOCC3)cc1)C1C=CC(N1)C(c1ccc(OCCN3CCOCC3)cc1)C1CCC(N1)C2c1ccc(OCCN2CCOCC2)cc1. The van der Waals surface area contributed by atoms with Gasteiger partial charge in [0.15, 0.2) is 0 Å². The molecule has 452 valence electrons. The summed E-state index contributed by atoms with van der Waals surface area (Å²) in [4.78, 5) is 9.72. The normalized spacial score (nSPS) is 31.5. The van der Waals surface area contributed by atoms with Crippen molar-refractivity contribution in [3.05, 3.63) is 144 Å². The van der Waals surface area contributed by atoms with E-state index in [0.717, 1.165) is 180 Å². The van der Waals surface area contributed by atoms with E-state index in [9.17, 15) is 0 Å². The highest BCUT2D eigenvalue weighted by Gasteiger charge is 2.47. The Kier molecular flexibility index (Phi) is 19.9. The Morgan fingerprint density at radius 3 is 0.726 bits per heavy atom. The molecule has 84 heavy (non-hydrogen) atoms. The molecule has 12 unspecified atom stereocenters. The second-order valence-electron chi connectivity index (χ2n) is 24.7. The summed E-state index contributed by atoms with van der Waals surface area (Å²) >= 11 is 0. The third kappa shape index (κ3) is 14.6. The lowest BCUT2D eigenvalue weighted by atomic mass is 9.83. The van der Waals surface area contributed by atoms with E-state index in [-0.39, 0.29) is 72.0 Å². The van der Waals surface area contributed by atoms with Gasteiger partial charge in [0.05, 0.1) is 52.9 Å². The lowest BCUT2D eigenvalue weighted by molar-refractivity contribution is 0.0321. The van der Waals surface area contributed by atoms with E-state index in [0.29, 0.717) is 26.4 Å². The molecule has 0 aliphatic carbocycles. The summed E-state index contributed by atoms with van der Waals surface area (Å²) in [6.07, 6.45) is 14.3. The quantitative estimate of drug-likeness (QED) is 0.0769. The Morgan fingerprint density at radius 1 is 0.298 bits per heavy atom. The predicted molar refractivity (Wildman–Crippen MR) is 327 cm³/mol. The number of hydrogen-bond donors (Lipinski definition) is 4. The summed E-state index contributed by atoms with van der Waals surface area (Å²) in [6, 6.07) is 37.7. The maximum Gasteiger partial charge on any atom is 0.119 e. The van der Waals surface area contributed by atoms with Crippen molar-refractivity contribution >= 4 is 0 Å². The molecule has 0 aromatic heterocycles. The van der Waals surface area contributed by atoms with Crippen LogP contribution in [0.25, 0.3) is 0 Å². The molecule has 13 rings (SSSR count). The topological polar surface area (TPSA) is 135 Å². The van der Waals surface area contributed by atoms with E-state index < -0.39 is 0 Å². The third-order valence-corrected chi connectivity index (χ3v) is 19.7. The molecule has 12 atom stereocenters. The molecule has 9 aliphatic heterocycles. The summed E-state index contributed by atoms with van der Waals surface area (Å²) in [5.74, 6) is 4.40. The monoisotopic (exact) mass is 1150 g/mol. The van der Waals surface area contributed by atoms with Gasteiger partial charge in [-0.05, 0) is 96.5 Å². The number of hydrogen-bond acceptors (Lipinski definition) is 16. The van der Waals surface area contributed by atoms with Gasteiger partial charge in [0.1, 0.15) is 49.4 Å². The van der Waals surface area contributed by atoms with Crippen molar-refractivity contribution in [2.45, 2.75) is 97.7 Å². The largest absolute Gasteiger partial charge is 0.492 e. The predicted octanol–water partition coefficient (Wildman–Crippen LogP) is 6.01. The van der Waals surface area contributed by atoms with Crippen LogP contribution in [-0.2, 0) is 18.9 Å². The maximum atomic E-state index is 6.42. The summed E-state index contributed by atoms with van der Waals surface area (Å²) in [6.45, 7) is 20.3. The minimum atomic E-state index is 0.110. The smallest absolute Gasteiger partial charge is 0.119 e. The standard InChI is InChI=1S/C68H92N8O8/c1-9-53(81-45-33-73-25-37-77-38-26-73)10-2-49(1)65-57-17-19-59(69-57)66(50-3-11-54(12-4-50)82-46-34-74-27-39-78-40-28-74)61-21-23-63(71-61)68(52-7-15-56(16-8-52)84-48-36-76-31-43-80-44-32-76)64-24-22-62(72-64)67(60-20-18-58(65)70-60)51-5-13-55(14-6-51)83-47-35-75-29-41-79-42-30-75/h1-17,19,22,24,57-72H,18,20-21,23,25-48H2. The highest BCUT2D eigenvalue weighted by molar-refractivity contribution is 5.41. The molecule has 16 heteroatoms. The van der Waals surface area contributed by atoms with Crippen molar-refractivity contribution in [2.75, 3.05) is 158 Å². The first-order valence-corrected chi connectivity index (χ1v) is 32.1. The zero-order valence-corrected chi connectivity index (χ0v) is 49.3. The molecule has 7 fully saturated rings. The first-order valence-electron chi connectivity index (χ1n) is 32.1. The number of morpholine rings is 4. The molecule has 8 bridgehead atoms. The Balaban J connectivity index is 0.798. The van der Waals surface area contributed by atoms with Crippen molar-refractivity contribution < 1.29 is 37.9 Å². The fraction of sp³-hybridized carbons (Fsp3) is 0.588. The van der Waals surface area contributed by atoms with Crippen LogP contribution in [0, 0.1) is 0 Å². The molecular weight excluding hydrogens is 1060 g/mol. The lowest BCUT2D eigenvalue weighted by Gasteiger charge is -2.38. The number of ether oxygens (including phenoxy) is 8. The highest BCUT2D eigenvalue weighted by Crippen LogP contribution is 2.44. The number of benzene rings is 4. The van der Waals surface area contributed by atoms with Crippen LogP contribution in [0.1, 0.15) is 71.6 Å². The third-order valence-electron chi connectivity index (χ3n) is 19.7. The second kappa shape index (κ2) is 28.7. The minimum absolute atomic E-state index is 0.110.